The molecule has 3 aliphatic rings. The Hall–Kier alpha value is -12.8. The predicted octanol–water partition coefficient (Wildman–Crippen LogP) is 17.9. The number of aliphatic hydroxyl groups excluding tert-OH is 1. The first kappa shape index (κ1) is 101. The summed E-state index contributed by atoms with van der Waals surface area (Å²) in [6.45, 7) is 24.3. The number of amides is 3. The van der Waals surface area contributed by atoms with Gasteiger partial charge < -0.3 is 73.7 Å². The minimum atomic E-state index is -1.06. The van der Waals surface area contributed by atoms with E-state index in [9.17, 15) is 29.2 Å². The molecule has 0 bridgehead atoms. The molecule has 26 nitrogen and oxygen atoms in total. The van der Waals surface area contributed by atoms with Crippen LogP contribution in [0.4, 0.5) is 26.7 Å². The van der Waals surface area contributed by atoms with Gasteiger partial charge in [-0.15, -0.1) is 12.4 Å². The van der Waals surface area contributed by atoms with E-state index in [4.69, 9.17) is 31.8 Å². The molecule has 0 radical (unpaired) electrons. The number of benzene rings is 9. The zero-order chi connectivity index (χ0) is 92.4. The molecule has 0 spiro atoms. The van der Waals surface area contributed by atoms with Crippen molar-refractivity contribution in [3.8, 4) is 23.1 Å². The van der Waals surface area contributed by atoms with Crippen LogP contribution < -0.4 is 54.4 Å². The van der Waals surface area contributed by atoms with Crippen LogP contribution in [0.15, 0.2) is 255 Å². The zero-order valence-corrected chi connectivity index (χ0v) is 77.1. The van der Waals surface area contributed by atoms with Crippen molar-refractivity contribution in [3.05, 3.63) is 339 Å². The molecule has 3 heterocycles. The van der Waals surface area contributed by atoms with E-state index in [1.165, 1.54) is 60.8 Å². The lowest BCUT2D eigenvalue weighted by Gasteiger charge is -2.21. The van der Waals surface area contributed by atoms with E-state index in [0.29, 0.717) is 48.0 Å². The number of nitrogens with one attached hydrogen (secondary N) is 7. The Labute approximate surface area is 770 Å². The van der Waals surface area contributed by atoms with E-state index < -0.39 is 23.5 Å². The molecular formula is C103H126ClN17O9. The Kier molecular flexibility index (Phi) is 39.0. The molecule has 9 aromatic carbocycles. The second-order valence-electron chi connectivity index (χ2n) is 34.0. The summed E-state index contributed by atoms with van der Waals surface area (Å²) in [6, 6.07) is 86.3. The number of aryl methyl sites for hydroxylation is 4. The second-order valence-corrected chi connectivity index (χ2v) is 34.0. The fourth-order valence-corrected chi connectivity index (χ4v) is 14.0. The summed E-state index contributed by atoms with van der Waals surface area (Å²) in [7, 11) is 1.00. The Morgan fingerprint density at radius 2 is 0.731 bits per heavy atom. The van der Waals surface area contributed by atoms with E-state index in [2.05, 4.69) is 186 Å². The Morgan fingerprint density at radius 3 is 1.04 bits per heavy atom. The van der Waals surface area contributed by atoms with E-state index in [1.807, 2.05) is 130 Å². The van der Waals surface area contributed by atoms with E-state index in [1.54, 1.807) is 85.9 Å². The lowest BCUT2D eigenvalue weighted by atomic mass is 9.98. The number of nitrogens with zero attached hydrogens (tertiary/aromatic N) is 7. The van der Waals surface area contributed by atoms with Crippen molar-refractivity contribution in [1.29, 1.82) is 5.26 Å². The third-order valence-corrected chi connectivity index (χ3v) is 20.7. The lowest BCUT2D eigenvalue weighted by molar-refractivity contribution is -0.0294. The number of carbonyl (C=O) groups is 5. The summed E-state index contributed by atoms with van der Waals surface area (Å²) in [5.41, 5.74) is 32.8. The average molecular weight is 1780 g/mol. The number of hydrogen-bond donors (Lipinski definition) is 11. The number of nitrogens with two attached hydrogens (primary N) is 3. The van der Waals surface area contributed by atoms with Crippen molar-refractivity contribution >= 4 is 59.5 Å². The third-order valence-electron chi connectivity index (χ3n) is 20.7. The van der Waals surface area contributed by atoms with Crippen LogP contribution in [0.1, 0.15) is 204 Å². The number of rotatable bonds is 30. The van der Waals surface area contributed by atoms with Crippen LogP contribution in [0.2, 0.25) is 0 Å². The highest BCUT2D eigenvalue weighted by Crippen LogP contribution is 2.35. The molecule has 3 fully saturated rings. The summed E-state index contributed by atoms with van der Waals surface area (Å²) in [6.07, 6.45) is 6.59. The standard InChI is InChI=1S/C30H32N4O.C29H31N5O.C29H27N5O.C10H18O5.C4H13N3.CH4O.ClH/c1-3-22-9-7-14-27(18-22)34-28(17-21(2)33-34)30(35)32-26-13-8-12-25(19-26)29(31-20-23-15-16-23)24-10-5-4-6-11-24;2*1-20-15-27(34(33-20)26-12-5-7-22(16-26)18-30)29(35)32-25-11-6-10-24(17-25)28(31-19-21-13-14-21)23-8-3-2-4-9-23;1-9(2,3)14-7(11)13-8(12)15-10(4,5)6;5-1-3-7-4-2-6;1-2;/h4-14,17-19,23,29,31H,3,15-16,20H2,1-2H3,(H,32,35);2-12,15-17,21,28,31H,13-14,18-19,30H2,1H3,(H,32,35);2-12,15-17,21,28,31H,13-14,19H2,1H3,(H,32,35);1-6H3;7H,1-6H2;2H,1H3;1H. The number of carbonyl (C=O) groups excluding carboxylic acids is 5. The van der Waals surface area contributed by atoms with Gasteiger partial charge in [0.25, 0.3) is 17.7 Å². The molecule has 12 aromatic rings. The summed E-state index contributed by atoms with van der Waals surface area (Å²) in [5, 5.41) is 53.4. The highest BCUT2D eigenvalue weighted by Gasteiger charge is 2.30. The van der Waals surface area contributed by atoms with Crippen LogP contribution in [0.5, 0.6) is 0 Å². The minimum absolute atomic E-state index is 0. The largest absolute Gasteiger partial charge is 0.519 e. The number of halogens is 1. The molecule has 130 heavy (non-hydrogen) atoms. The topological polar surface area (TPSA) is 373 Å². The van der Waals surface area contributed by atoms with Crippen molar-refractivity contribution in [2.45, 2.75) is 150 Å². The highest BCUT2D eigenvalue weighted by molar-refractivity contribution is 6.05. The number of anilines is 3. The van der Waals surface area contributed by atoms with E-state index in [-0.39, 0.29) is 48.3 Å². The molecule has 0 saturated heterocycles. The maximum Gasteiger partial charge on any atom is 0.519 e. The molecule has 3 aliphatic carbocycles. The maximum atomic E-state index is 13.4. The number of ether oxygens (including phenoxy) is 3. The van der Waals surface area contributed by atoms with Crippen LogP contribution in [0.25, 0.3) is 17.1 Å². The van der Waals surface area contributed by atoms with Gasteiger partial charge in [-0.2, -0.15) is 20.6 Å². The predicted molar refractivity (Wildman–Crippen MR) is 517 cm³/mol. The highest BCUT2D eigenvalue weighted by atomic mass is 35.5. The first-order valence-corrected chi connectivity index (χ1v) is 44.1. The van der Waals surface area contributed by atoms with E-state index in [0.717, 1.165) is 132 Å². The van der Waals surface area contributed by atoms with Crippen LogP contribution in [0, 0.1) is 49.9 Å². The van der Waals surface area contributed by atoms with Crippen LogP contribution in [-0.4, -0.2) is 129 Å². The summed E-state index contributed by atoms with van der Waals surface area (Å²) in [5.74, 6) is 1.67. The van der Waals surface area contributed by atoms with Crippen LogP contribution in [-0.2, 0) is 27.2 Å². The van der Waals surface area contributed by atoms with Gasteiger partial charge in [0, 0.05) is 56.9 Å². The first-order valence-electron chi connectivity index (χ1n) is 44.1. The van der Waals surface area contributed by atoms with Gasteiger partial charge in [0.15, 0.2) is 0 Å². The SMILES string of the molecule is CC(C)(C)OC(=O)OC(=O)OC(C)(C)C.CCc1cccc(-n2nc(C)cc2C(=O)Nc2cccc(C(NCC3CC3)c3ccccc3)c2)c1.CO.Cc1cc(C(=O)Nc2cccc(C(NCC3CC3)c3ccccc3)c2)n(-c2cccc(C#N)c2)n1.Cc1cc(C(=O)Nc2cccc(C(NCC3CC3)c3ccccc3)c2)n(-c2cccc(CN)c2)n1.Cl.NCCNCCN. The third kappa shape index (κ3) is 32.5. The van der Waals surface area contributed by atoms with Gasteiger partial charge >= 0.3 is 12.3 Å². The van der Waals surface area contributed by atoms with Crippen LogP contribution >= 0.6 is 12.4 Å². The molecule has 684 valence electrons. The lowest BCUT2D eigenvalue weighted by Crippen LogP contribution is -2.29. The molecule has 27 heteroatoms. The molecular weight excluding hydrogens is 1650 g/mol. The van der Waals surface area contributed by atoms with Crippen molar-refractivity contribution < 1.29 is 43.3 Å². The summed E-state index contributed by atoms with van der Waals surface area (Å²) in [4.78, 5) is 62.0. The summed E-state index contributed by atoms with van der Waals surface area (Å²) >= 11 is 0. The Morgan fingerprint density at radius 1 is 0.423 bits per heavy atom. The normalized spacial score (nSPS) is 13.2. The number of aliphatic hydroxyl groups is 1. The van der Waals surface area contributed by atoms with Crippen molar-refractivity contribution in [3.63, 3.8) is 0 Å². The second kappa shape index (κ2) is 50.3. The van der Waals surface area contributed by atoms with Gasteiger partial charge in [-0.05, 0) is 286 Å². The van der Waals surface area contributed by atoms with Crippen LogP contribution in [0.3, 0.4) is 0 Å². The molecule has 3 saturated carbocycles. The molecule has 14 N–H and O–H groups in total. The van der Waals surface area contributed by atoms with Gasteiger partial charge in [0.05, 0.1) is 63.9 Å². The Balaban J connectivity index is 0.000000195. The average Bonchev–Trinajstić information content (AvgIpc) is 1.67. The van der Waals surface area contributed by atoms with Gasteiger partial charge in [0.1, 0.15) is 28.3 Å². The fourth-order valence-electron chi connectivity index (χ4n) is 14.0. The van der Waals surface area contributed by atoms with Gasteiger partial charge in [-0.25, -0.2) is 23.6 Å². The van der Waals surface area contributed by atoms with Gasteiger partial charge in [0.2, 0.25) is 0 Å². The van der Waals surface area contributed by atoms with Crippen molar-refractivity contribution in [1.82, 2.24) is 50.6 Å². The van der Waals surface area contributed by atoms with Gasteiger partial charge in [-0.3, -0.25) is 14.4 Å². The monoisotopic (exact) mass is 1780 g/mol. The van der Waals surface area contributed by atoms with Gasteiger partial charge in [-0.1, -0.05) is 165 Å². The van der Waals surface area contributed by atoms with Crippen molar-refractivity contribution in [2.24, 2.45) is 35.0 Å². The molecule has 0 aliphatic heterocycles. The number of hydrogen-bond acceptors (Lipinski definition) is 20. The molecule has 3 unspecified atom stereocenters. The molecule has 3 amide bonds. The zero-order valence-electron chi connectivity index (χ0n) is 76.3. The smallest absolute Gasteiger partial charge is 0.428 e. The van der Waals surface area contributed by atoms with E-state index >= 15 is 0 Å². The summed E-state index contributed by atoms with van der Waals surface area (Å²) < 4.78 is 18.8. The molecule has 3 aromatic heterocycles. The minimum Gasteiger partial charge on any atom is -0.428 e. The molecule has 15 rings (SSSR count). The van der Waals surface area contributed by atoms with Crippen molar-refractivity contribution in [2.75, 3.05) is 68.9 Å². The first-order chi connectivity index (χ1) is 62.2. The fraction of sp³-hybridized carbons (Fsp3) is 0.330. The quantitative estimate of drug-likeness (QED) is 0.0113. The molecule has 3 atom stereocenters. The number of nitriles is 1. The maximum absolute atomic E-state index is 13.4. The number of aromatic nitrogens is 6. The Bertz CT molecular complexity index is 5400.